The molecule has 0 amide bonds. The Morgan fingerprint density at radius 1 is 0.260 bits per heavy atom. The van der Waals surface area contributed by atoms with Gasteiger partial charge in [0.05, 0.1) is 0 Å². The lowest BCUT2D eigenvalue weighted by atomic mass is 10.4. The molecule has 1 aliphatic carbocycles. The van der Waals surface area contributed by atoms with E-state index in [-0.39, 0.29) is 0 Å². The van der Waals surface area contributed by atoms with Gasteiger partial charge < -0.3 is 49.4 Å². The lowest BCUT2D eigenvalue weighted by Crippen LogP contribution is -2.94. The van der Waals surface area contributed by atoms with Crippen molar-refractivity contribution in [2.75, 3.05) is 0 Å². The van der Waals surface area contributed by atoms with Gasteiger partial charge in [-0.1, -0.05) is 263 Å². The average molecular weight is 1120 g/mol. The first-order chi connectivity index (χ1) is 35.7. The molecule has 20 heteroatoms. The van der Waals surface area contributed by atoms with Gasteiger partial charge in [0.1, 0.15) is 0 Å². The Morgan fingerprint density at radius 3 is 0.671 bits per heavy atom. The highest BCUT2D eigenvalue weighted by Crippen LogP contribution is 2.49. The zero-order chi connectivity index (χ0) is 52.3. The van der Waals surface area contributed by atoms with Crippen LogP contribution in [0.3, 0.4) is 0 Å². The molecule has 0 spiro atoms. The molecule has 0 aromatic heterocycles. The van der Waals surface area contributed by atoms with E-state index in [1.54, 1.807) is 18.7 Å². The van der Waals surface area contributed by atoms with Gasteiger partial charge in [0, 0.05) is 42.9 Å². The summed E-state index contributed by atoms with van der Waals surface area (Å²) in [5, 5.41) is 3.95. The number of allylic oxidation sites excluding steroid dienone is 4. The summed E-state index contributed by atoms with van der Waals surface area (Å²) >= 11 is 0. The van der Waals surface area contributed by atoms with Gasteiger partial charge >= 0.3 is 70.4 Å². The standard InChI is InChI=1S/C43H36O12Si8.5C2H6/c1-56-44-57(37-23-9-2-10-24-37)47-60(40-29-15-5-16-30-40)49-58(45-56,38-25-11-3-12-26-38)51-62(42-33-19-7-20-34-42)52-59(46-56,39-27-13-4-14-28-39)50-61(48-57,41-31-17-6-18-32-41)54-63(53-60,55-62)43-35-21-8-22-36-43;5*1-2/h2-6,8-19,21-36H,1H3;5*1-2H3. The molecule has 382 valence electrons. The van der Waals surface area contributed by atoms with E-state index in [1.165, 1.54) is 0 Å². The first kappa shape index (κ1) is 56.3. The Bertz CT molecular complexity index is 2730. The largest absolute Gasteiger partial charge is 0.516 e. The molecule has 6 aliphatic heterocycles. The molecule has 6 fully saturated rings. The minimum absolute atomic E-state index is 0.499. The molecule has 4 atom stereocenters. The van der Waals surface area contributed by atoms with E-state index in [0.717, 1.165) is 0 Å². The molecular weight excluding hydrogens is 1050 g/mol. The van der Waals surface area contributed by atoms with Crippen LogP contribution in [-0.4, -0.2) is 70.4 Å². The lowest BCUT2D eigenvalue weighted by molar-refractivity contribution is -0.00585. The van der Waals surface area contributed by atoms with Crippen molar-refractivity contribution in [3.05, 3.63) is 217 Å². The minimum Gasteiger partial charge on any atom is -0.370 e. The van der Waals surface area contributed by atoms with E-state index >= 15 is 0 Å². The average Bonchev–Trinajstić information content (AvgIpc) is 3.45. The smallest absolute Gasteiger partial charge is 0.370 e. The predicted octanol–water partition coefficient (Wildman–Crippen LogP) is 8.31. The van der Waals surface area contributed by atoms with Gasteiger partial charge in [-0.3, -0.25) is 0 Å². The van der Waals surface area contributed by atoms with Crippen LogP contribution >= 0.6 is 0 Å². The Kier molecular flexibility index (Phi) is 18.6. The third-order valence-corrected chi connectivity index (χ3v) is 45.4. The van der Waals surface area contributed by atoms with E-state index in [1.807, 2.05) is 257 Å². The van der Waals surface area contributed by atoms with E-state index in [2.05, 4.69) is 11.5 Å². The van der Waals surface area contributed by atoms with Crippen LogP contribution in [0, 0.1) is 0 Å². The summed E-state index contributed by atoms with van der Waals surface area (Å²) in [5.41, 5.74) is 6.17. The molecule has 6 aromatic rings. The summed E-state index contributed by atoms with van der Waals surface area (Å²) in [6, 6.07) is 57.3. The first-order valence-electron chi connectivity index (χ1n) is 25.4. The van der Waals surface area contributed by atoms with Crippen LogP contribution in [0.25, 0.3) is 0 Å². The Labute approximate surface area is 441 Å². The maximum absolute atomic E-state index is 7.98. The maximum Gasteiger partial charge on any atom is 0.516 e. The third kappa shape index (κ3) is 10.6. The third-order valence-electron chi connectivity index (χ3n) is 11.2. The molecular formula is C53H66O12Si8. The van der Waals surface area contributed by atoms with Crippen molar-refractivity contribution >= 4 is 102 Å². The van der Waals surface area contributed by atoms with Gasteiger partial charge in [0.15, 0.2) is 0 Å². The molecule has 0 saturated carbocycles. The SMILES string of the molecule is CC.CC.CC.CC.CC.C[Si]12O[Si]3(c4ccccc4)O[Si]4(C5=CC=C=C=C5)O[Si](c5ccccc5)(O1)O[Si]1(c5ccccc5)O[Si](c5ccccc5)(O2)O[Si](c2ccccc2)(O3)O[Si](c2ccccc2)(O4)O1. The minimum atomic E-state index is -4.69. The summed E-state index contributed by atoms with van der Waals surface area (Å²) in [4.78, 5) is 0. The monoisotopic (exact) mass is 1120 g/mol. The molecule has 8 bridgehead atoms. The van der Waals surface area contributed by atoms with Crippen molar-refractivity contribution in [1.29, 1.82) is 0 Å². The summed E-state index contributed by atoms with van der Waals surface area (Å²) < 4.78 is 94.4. The Morgan fingerprint density at radius 2 is 0.466 bits per heavy atom. The van der Waals surface area contributed by atoms with E-state index in [4.69, 9.17) is 49.4 Å². The van der Waals surface area contributed by atoms with Crippen molar-refractivity contribution in [1.82, 2.24) is 0 Å². The number of hydrogen-bond acceptors (Lipinski definition) is 12. The summed E-state index contributed by atoms with van der Waals surface area (Å²) in [7, 11) is -36.7. The molecule has 73 heavy (non-hydrogen) atoms. The van der Waals surface area contributed by atoms with Crippen molar-refractivity contribution in [2.24, 2.45) is 0 Å². The highest BCUT2D eigenvalue weighted by Gasteiger charge is 2.85. The van der Waals surface area contributed by atoms with Crippen molar-refractivity contribution < 1.29 is 49.4 Å². The van der Waals surface area contributed by atoms with Crippen LogP contribution in [0.1, 0.15) is 69.2 Å². The van der Waals surface area contributed by atoms with Crippen LogP contribution in [0.15, 0.2) is 217 Å². The summed E-state index contributed by atoms with van der Waals surface area (Å²) in [6.45, 7) is 21.8. The highest BCUT2D eigenvalue weighted by atomic mass is 28.6. The van der Waals surface area contributed by atoms with Gasteiger partial charge in [-0.2, -0.15) is 0 Å². The molecule has 12 nitrogen and oxygen atoms in total. The van der Waals surface area contributed by atoms with Gasteiger partial charge in [-0.25, -0.2) is 0 Å². The summed E-state index contributed by atoms with van der Waals surface area (Å²) in [6.07, 6.45) is 5.31. The number of rotatable bonds is 7. The van der Waals surface area contributed by atoms with Gasteiger partial charge in [-0.05, 0) is 18.2 Å². The maximum atomic E-state index is 7.98. The zero-order valence-corrected chi connectivity index (χ0v) is 51.5. The quantitative estimate of drug-likeness (QED) is 0.113. The molecule has 6 heterocycles. The van der Waals surface area contributed by atoms with Crippen molar-refractivity contribution in [3.8, 4) is 0 Å². The Hall–Kier alpha value is -4.38. The fraction of sp³-hybridized carbons (Fsp3) is 0.208. The second-order valence-electron chi connectivity index (χ2n) is 15.4. The topological polar surface area (TPSA) is 111 Å². The first-order valence-corrected chi connectivity index (χ1v) is 39.6. The van der Waals surface area contributed by atoms with Crippen molar-refractivity contribution in [3.63, 3.8) is 0 Å². The predicted molar refractivity (Wildman–Crippen MR) is 302 cm³/mol. The van der Waals surface area contributed by atoms with Crippen LogP contribution in [0.4, 0.5) is 0 Å². The molecule has 0 radical (unpaired) electrons. The molecule has 0 N–H and O–H groups in total. The summed E-state index contributed by atoms with van der Waals surface area (Å²) in [5.74, 6) is 0. The van der Waals surface area contributed by atoms with Crippen LogP contribution in [-0.2, 0) is 49.4 Å². The van der Waals surface area contributed by atoms with E-state index in [0.29, 0.717) is 36.3 Å². The van der Waals surface area contributed by atoms with Gasteiger partial charge in [-0.15, -0.1) is 0 Å². The van der Waals surface area contributed by atoms with Gasteiger partial charge in [0.25, 0.3) is 0 Å². The fourth-order valence-corrected chi connectivity index (χ4v) is 54.1. The number of benzene rings is 6. The van der Waals surface area contributed by atoms with E-state index in [9.17, 15) is 0 Å². The van der Waals surface area contributed by atoms with Gasteiger partial charge in [0.2, 0.25) is 0 Å². The number of hydrogen-bond donors (Lipinski definition) is 0. The highest BCUT2D eigenvalue weighted by molar-refractivity contribution is 7.13. The zero-order valence-electron chi connectivity index (χ0n) is 43.5. The lowest BCUT2D eigenvalue weighted by Gasteiger charge is -2.62. The van der Waals surface area contributed by atoms with Crippen LogP contribution < -0.4 is 31.1 Å². The Balaban J connectivity index is 0.000000738. The van der Waals surface area contributed by atoms with Crippen molar-refractivity contribution in [2.45, 2.75) is 75.8 Å². The second kappa shape index (κ2) is 24.1. The van der Waals surface area contributed by atoms with E-state index < -0.39 is 70.4 Å². The molecule has 13 rings (SSSR count). The molecule has 6 aromatic carbocycles. The fourth-order valence-electron chi connectivity index (χ4n) is 8.45. The second-order valence-corrected chi connectivity index (χ2v) is 38.7. The molecule has 7 aliphatic rings. The van der Waals surface area contributed by atoms with Crippen LogP contribution in [0.5, 0.6) is 0 Å². The van der Waals surface area contributed by atoms with Crippen LogP contribution in [0.2, 0.25) is 6.55 Å². The normalized spacial score (nSPS) is 31.6. The molecule has 4 unspecified atom stereocenters. The molecule has 6 saturated heterocycles.